The van der Waals surface area contributed by atoms with Crippen molar-refractivity contribution in [3.63, 3.8) is 0 Å². The van der Waals surface area contributed by atoms with Crippen molar-refractivity contribution in [3.05, 3.63) is 34.6 Å². The van der Waals surface area contributed by atoms with Crippen LogP contribution in [0.4, 0.5) is 0 Å². The van der Waals surface area contributed by atoms with Crippen LogP contribution in [0, 0.1) is 18.6 Å². The molecule has 0 radical (unpaired) electrons. The Morgan fingerprint density at radius 2 is 1.93 bits per heavy atom. The van der Waals surface area contributed by atoms with Crippen LogP contribution >= 0.6 is 12.2 Å². The fourth-order valence-corrected chi connectivity index (χ4v) is 5.71. The first-order valence-electron chi connectivity index (χ1n) is 9.69. The molecule has 3 aromatic heterocycles. The molecule has 1 fully saturated rings. The molecule has 0 unspecified atom stereocenters. The van der Waals surface area contributed by atoms with E-state index < -0.39 is 10.0 Å². The summed E-state index contributed by atoms with van der Waals surface area (Å²) in [6.45, 7) is 8.31. The maximum Gasteiger partial charge on any atom is 0.248 e. The van der Waals surface area contributed by atoms with Crippen LogP contribution in [0.2, 0.25) is 0 Å². The topological polar surface area (TPSA) is 103 Å². The molecule has 30 heavy (non-hydrogen) atoms. The number of piperazine rings is 1. The lowest BCUT2D eigenvalue weighted by Gasteiger charge is -2.33. The average molecular weight is 453 g/mol. The predicted molar refractivity (Wildman–Crippen MR) is 111 cm³/mol. The number of sulfonamides is 1. The number of furan rings is 1. The summed E-state index contributed by atoms with van der Waals surface area (Å²) in [6.07, 6.45) is 1.61. The Labute approximate surface area is 179 Å². The molecule has 0 bridgehead atoms. The Morgan fingerprint density at radius 1 is 1.20 bits per heavy atom. The van der Waals surface area contributed by atoms with Gasteiger partial charge in [0.1, 0.15) is 10.6 Å². The summed E-state index contributed by atoms with van der Waals surface area (Å²) in [4.78, 5) is 2.30. The molecule has 0 N–H and O–H groups in total. The van der Waals surface area contributed by atoms with E-state index in [1.807, 2.05) is 23.6 Å². The highest BCUT2D eigenvalue weighted by atomic mass is 32.2. The third-order valence-electron chi connectivity index (χ3n) is 5.21. The van der Waals surface area contributed by atoms with Crippen LogP contribution in [-0.2, 0) is 23.2 Å². The van der Waals surface area contributed by atoms with Crippen molar-refractivity contribution in [2.75, 3.05) is 26.2 Å². The second-order valence-corrected chi connectivity index (χ2v) is 9.38. The largest absolute Gasteiger partial charge is 0.461 e. The van der Waals surface area contributed by atoms with E-state index in [0.29, 0.717) is 67.2 Å². The van der Waals surface area contributed by atoms with E-state index in [9.17, 15) is 8.42 Å². The number of aryl methyl sites for hydroxylation is 2. The molecule has 3 aromatic rings. The zero-order valence-corrected chi connectivity index (χ0v) is 18.7. The second kappa shape index (κ2) is 8.10. The SMILES string of the molecule is CCn1c(-c2ccco2)nn(CN2CCN(S(=O)(=O)c3c(C)noc3C)CC2)c1=S. The van der Waals surface area contributed by atoms with Crippen LogP contribution in [0.1, 0.15) is 18.4 Å². The van der Waals surface area contributed by atoms with Crippen molar-refractivity contribution < 1.29 is 17.4 Å². The maximum atomic E-state index is 13.0. The number of hydrogen-bond acceptors (Lipinski definition) is 8. The Kier molecular flexibility index (Phi) is 5.66. The molecule has 0 aromatic carbocycles. The summed E-state index contributed by atoms with van der Waals surface area (Å²) in [5.74, 6) is 1.67. The van der Waals surface area contributed by atoms with Crippen LogP contribution in [0.25, 0.3) is 11.6 Å². The van der Waals surface area contributed by atoms with Gasteiger partial charge in [0.25, 0.3) is 0 Å². The average Bonchev–Trinajstić information content (AvgIpc) is 3.43. The van der Waals surface area contributed by atoms with Gasteiger partial charge in [-0.05, 0) is 45.1 Å². The van der Waals surface area contributed by atoms with Crippen molar-refractivity contribution >= 4 is 22.2 Å². The highest BCUT2D eigenvalue weighted by Gasteiger charge is 2.33. The smallest absolute Gasteiger partial charge is 0.248 e. The molecule has 12 heteroatoms. The molecule has 0 spiro atoms. The van der Waals surface area contributed by atoms with Gasteiger partial charge in [0.15, 0.2) is 22.1 Å². The molecular formula is C18H24N6O4S2. The van der Waals surface area contributed by atoms with E-state index in [4.69, 9.17) is 21.2 Å². The van der Waals surface area contributed by atoms with Gasteiger partial charge in [-0.1, -0.05) is 5.16 Å². The molecule has 10 nitrogen and oxygen atoms in total. The van der Waals surface area contributed by atoms with Gasteiger partial charge in [0.05, 0.1) is 12.9 Å². The van der Waals surface area contributed by atoms with Gasteiger partial charge in [0, 0.05) is 32.7 Å². The van der Waals surface area contributed by atoms with Crippen molar-refractivity contribution in [3.8, 4) is 11.6 Å². The first-order valence-corrected chi connectivity index (χ1v) is 11.5. The minimum atomic E-state index is -3.63. The third-order valence-corrected chi connectivity index (χ3v) is 7.79. The Hall–Kier alpha value is -2.28. The van der Waals surface area contributed by atoms with Crippen molar-refractivity contribution in [2.24, 2.45) is 0 Å². The third kappa shape index (κ3) is 3.64. The lowest BCUT2D eigenvalue weighted by Crippen LogP contribution is -2.49. The van der Waals surface area contributed by atoms with Gasteiger partial charge >= 0.3 is 0 Å². The Bertz CT molecular complexity index is 1160. The Morgan fingerprint density at radius 3 is 2.50 bits per heavy atom. The van der Waals surface area contributed by atoms with Crippen LogP contribution < -0.4 is 0 Å². The fourth-order valence-electron chi connectivity index (χ4n) is 3.68. The maximum absolute atomic E-state index is 13.0. The number of hydrogen-bond donors (Lipinski definition) is 0. The minimum Gasteiger partial charge on any atom is -0.461 e. The zero-order valence-electron chi connectivity index (χ0n) is 17.1. The van der Waals surface area contributed by atoms with E-state index >= 15 is 0 Å². The van der Waals surface area contributed by atoms with Gasteiger partial charge < -0.3 is 8.94 Å². The minimum absolute atomic E-state index is 0.169. The van der Waals surface area contributed by atoms with E-state index in [1.165, 1.54) is 4.31 Å². The molecule has 0 aliphatic carbocycles. The van der Waals surface area contributed by atoms with Gasteiger partial charge in [-0.25, -0.2) is 13.1 Å². The van der Waals surface area contributed by atoms with Crippen molar-refractivity contribution in [1.82, 2.24) is 28.7 Å². The predicted octanol–water partition coefficient (Wildman–Crippen LogP) is 2.26. The molecular weight excluding hydrogens is 428 g/mol. The fraction of sp³-hybridized carbons (Fsp3) is 0.500. The van der Waals surface area contributed by atoms with Crippen LogP contribution in [-0.4, -0.2) is 63.3 Å². The monoisotopic (exact) mass is 452 g/mol. The van der Waals surface area contributed by atoms with E-state index in [1.54, 1.807) is 24.8 Å². The molecule has 0 amide bonds. The highest BCUT2D eigenvalue weighted by molar-refractivity contribution is 7.89. The number of rotatable bonds is 6. The van der Waals surface area contributed by atoms with E-state index in [0.717, 1.165) is 0 Å². The van der Waals surface area contributed by atoms with E-state index in [2.05, 4.69) is 15.2 Å². The lowest BCUT2D eigenvalue weighted by atomic mass is 10.4. The van der Waals surface area contributed by atoms with Crippen molar-refractivity contribution in [2.45, 2.75) is 38.9 Å². The summed E-state index contributed by atoms with van der Waals surface area (Å²) in [5.41, 5.74) is 0.386. The van der Waals surface area contributed by atoms with Gasteiger partial charge in [-0.2, -0.15) is 4.31 Å². The molecule has 1 aliphatic heterocycles. The highest BCUT2D eigenvalue weighted by Crippen LogP contribution is 2.24. The van der Waals surface area contributed by atoms with Gasteiger partial charge in [0.2, 0.25) is 10.0 Å². The summed E-state index contributed by atoms with van der Waals surface area (Å²) >= 11 is 5.59. The molecule has 0 saturated carbocycles. The van der Waals surface area contributed by atoms with Gasteiger partial charge in [-0.15, -0.1) is 5.10 Å². The van der Waals surface area contributed by atoms with Crippen molar-refractivity contribution in [1.29, 1.82) is 0 Å². The van der Waals surface area contributed by atoms with Crippen LogP contribution in [0.15, 0.2) is 32.2 Å². The quantitative estimate of drug-likeness (QED) is 0.525. The first-order chi connectivity index (χ1) is 14.3. The standard InChI is InChI=1S/C18H24N6O4S2/c1-4-23-17(15-6-5-11-27-15)19-24(18(23)29)12-21-7-9-22(10-8-21)30(25,26)16-13(2)20-28-14(16)3/h5-6,11H,4,7-10,12H2,1-3H3. The summed E-state index contributed by atoms with van der Waals surface area (Å²) in [7, 11) is -3.63. The lowest BCUT2D eigenvalue weighted by molar-refractivity contribution is 0.144. The number of aromatic nitrogens is 4. The first kappa shape index (κ1) is 21.0. The molecule has 162 valence electrons. The summed E-state index contributed by atoms with van der Waals surface area (Å²) in [6, 6.07) is 3.67. The summed E-state index contributed by atoms with van der Waals surface area (Å²) < 4.78 is 42.3. The zero-order chi connectivity index (χ0) is 21.5. The molecule has 4 heterocycles. The van der Waals surface area contributed by atoms with E-state index in [-0.39, 0.29) is 4.90 Å². The second-order valence-electron chi connectivity index (χ2n) is 7.14. The Balaban J connectivity index is 1.48. The molecule has 1 saturated heterocycles. The number of nitrogens with zero attached hydrogens (tertiary/aromatic N) is 6. The molecule has 0 atom stereocenters. The van der Waals surface area contributed by atoms with Crippen LogP contribution in [0.5, 0.6) is 0 Å². The van der Waals surface area contributed by atoms with Crippen LogP contribution in [0.3, 0.4) is 0 Å². The molecule has 4 rings (SSSR count). The molecule has 1 aliphatic rings. The normalized spacial score (nSPS) is 16.4. The van der Waals surface area contributed by atoms with Gasteiger partial charge in [-0.3, -0.25) is 9.47 Å². The summed E-state index contributed by atoms with van der Waals surface area (Å²) in [5, 5.41) is 8.41.